The van der Waals surface area contributed by atoms with Crippen LogP contribution in [0.3, 0.4) is 0 Å². The van der Waals surface area contributed by atoms with Gasteiger partial charge in [0, 0.05) is 12.0 Å². The van der Waals surface area contributed by atoms with E-state index in [1.165, 1.54) is 12.1 Å². The van der Waals surface area contributed by atoms with Crippen LogP contribution in [0.15, 0.2) is 48.5 Å². The minimum Gasteiger partial charge on any atom is -0.299 e. The molecule has 0 aliphatic rings. The largest absolute Gasteiger partial charge is 0.416 e. The molecule has 2 aromatic carbocycles. The fourth-order valence-electron chi connectivity index (χ4n) is 2.44. The van der Waals surface area contributed by atoms with Crippen LogP contribution in [-0.4, -0.2) is 11.6 Å². The lowest BCUT2D eigenvalue weighted by Gasteiger charge is -2.08. The summed E-state index contributed by atoms with van der Waals surface area (Å²) in [6.45, 7) is 1.98. The zero-order valence-electron chi connectivity index (χ0n) is 13.9. The molecule has 2 rings (SSSR count). The first-order chi connectivity index (χ1) is 11.8. The minimum atomic E-state index is -4.36. The molecule has 0 amide bonds. The van der Waals surface area contributed by atoms with Gasteiger partial charge in [0.05, 0.1) is 12.0 Å². The summed E-state index contributed by atoms with van der Waals surface area (Å²) in [7, 11) is 0. The van der Waals surface area contributed by atoms with Crippen LogP contribution in [0, 0.1) is 0 Å². The lowest BCUT2D eigenvalue weighted by molar-refractivity contribution is -0.137. The lowest BCUT2D eigenvalue weighted by Crippen LogP contribution is -2.08. The number of halogens is 3. The van der Waals surface area contributed by atoms with Crippen molar-refractivity contribution < 1.29 is 22.8 Å². The maximum Gasteiger partial charge on any atom is 0.416 e. The van der Waals surface area contributed by atoms with Crippen molar-refractivity contribution in [1.82, 2.24) is 0 Å². The van der Waals surface area contributed by atoms with E-state index in [-0.39, 0.29) is 18.0 Å². The number of ketones is 2. The highest BCUT2D eigenvalue weighted by molar-refractivity contribution is 6.08. The van der Waals surface area contributed by atoms with E-state index in [2.05, 4.69) is 0 Å². The number of unbranched alkanes of at least 4 members (excludes halogenated alkanes) is 1. The van der Waals surface area contributed by atoms with Crippen molar-refractivity contribution in [2.24, 2.45) is 0 Å². The normalized spacial score (nSPS) is 11.4. The third-order valence-corrected chi connectivity index (χ3v) is 3.92. The molecule has 0 bridgehead atoms. The van der Waals surface area contributed by atoms with Gasteiger partial charge in [0.25, 0.3) is 0 Å². The molecular weight excluding hydrogens is 329 g/mol. The van der Waals surface area contributed by atoms with Gasteiger partial charge < -0.3 is 0 Å². The maximum atomic E-state index is 12.6. The number of rotatable bonds is 7. The highest BCUT2D eigenvalue weighted by atomic mass is 19.4. The van der Waals surface area contributed by atoms with Gasteiger partial charge in [-0.3, -0.25) is 9.59 Å². The molecule has 0 unspecified atom stereocenters. The molecule has 0 N–H and O–H groups in total. The van der Waals surface area contributed by atoms with Gasteiger partial charge in [-0.05, 0) is 29.7 Å². The molecule has 2 nitrogen and oxygen atoms in total. The number of alkyl halides is 3. The van der Waals surface area contributed by atoms with E-state index in [1.54, 1.807) is 24.3 Å². The van der Waals surface area contributed by atoms with E-state index < -0.39 is 11.7 Å². The van der Waals surface area contributed by atoms with Crippen molar-refractivity contribution in [3.05, 3.63) is 59.7 Å². The average molecular weight is 348 g/mol. The third-order valence-electron chi connectivity index (χ3n) is 3.92. The Balaban J connectivity index is 2.06. The highest BCUT2D eigenvalue weighted by Crippen LogP contribution is 2.31. The Labute approximate surface area is 144 Å². The van der Waals surface area contributed by atoms with Crippen molar-refractivity contribution in [3.8, 4) is 11.1 Å². The molecule has 0 saturated heterocycles. The third kappa shape index (κ3) is 5.28. The first kappa shape index (κ1) is 18.9. The molecule has 5 heteroatoms. The number of benzene rings is 2. The summed E-state index contributed by atoms with van der Waals surface area (Å²) in [5.74, 6) is -0.307. The summed E-state index contributed by atoms with van der Waals surface area (Å²) in [5, 5.41) is 0. The van der Waals surface area contributed by atoms with Gasteiger partial charge in [0.2, 0.25) is 0 Å². The number of hydrogen-bond acceptors (Lipinski definition) is 2. The van der Waals surface area contributed by atoms with Crippen LogP contribution in [0.1, 0.15) is 48.5 Å². The SMILES string of the molecule is CCCCC(=O)CC(=O)c1ccc(-c2ccc(C(F)(F)F)cc2)cc1. The summed E-state index contributed by atoms with van der Waals surface area (Å²) < 4.78 is 37.7. The molecular formula is C20H19F3O2. The molecule has 0 fully saturated rings. The molecule has 0 aliphatic heterocycles. The predicted octanol–water partition coefficient (Wildman–Crippen LogP) is 5.70. The minimum absolute atomic E-state index is 0.0707. The average Bonchev–Trinajstić information content (AvgIpc) is 2.59. The van der Waals surface area contributed by atoms with Gasteiger partial charge in [-0.15, -0.1) is 0 Å². The molecule has 0 saturated carbocycles. The number of carbonyl (C=O) groups is 2. The van der Waals surface area contributed by atoms with E-state index in [1.807, 2.05) is 6.92 Å². The van der Waals surface area contributed by atoms with E-state index in [4.69, 9.17) is 0 Å². The Kier molecular flexibility index (Phi) is 6.12. The standard InChI is InChI=1S/C20H19F3O2/c1-2-3-4-18(24)13-19(25)16-7-5-14(6-8-16)15-9-11-17(12-10-15)20(21,22)23/h5-12H,2-4,13H2,1H3. The zero-order chi connectivity index (χ0) is 18.4. The lowest BCUT2D eigenvalue weighted by atomic mass is 9.99. The van der Waals surface area contributed by atoms with Crippen LogP contribution in [-0.2, 0) is 11.0 Å². The van der Waals surface area contributed by atoms with E-state index >= 15 is 0 Å². The first-order valence-electron chi connectivity index (χ1n) is 8.14. The molecule has 25 heavy (non-hydrogen) atoms. The second kappa shape index (κ2) is 8.10. The highest BCUT2D eigenvalue weighted by Gasteiger charge is 2.29. The second-order valence-corrected chi connectivity index (χ2v) is 5.89. The van der Waals surface area contributed by atoms with Crippen molar-refractivity contribution >= 4 is 11.6 Å². The van der Waals surface area contributed by atoms with Crippen molar-refractivity contribution in [2.45, 2.75) is 38.8 Å². The number of hydrogen-bond donors (Lipinski definition) is 0. The molecule has 0 heterocycles. The second-order valence-electron chi connectivity index (χ2n) is 5.89. The van der Waals surface area contributed by atoms with E-state index in [0.29, 0.717) is 23.1 Å². The van der Waals surface area contributed by atoms with Gasteiger partial charge in [-0.2, -0.15) is 13.2 Å². The fourth-order valence-corrected chi connectivity index (χ4v) is 2.44. The summed E-state index contributed by atoms with van der Waals surface area (Å²) in [6, 6.07) is 11.4. The fraction of sp³-hybridized carbons (Fsp3) is 0.300. The van der Waals surface area contributed by atoms with Crippen LogP contribution >= 0.6 is 0 Å². The maximum absolute atomic E-state index is 12.6. The molecule has 0 radical (unpaired) electrons. The van der Waals surface area contributed by atoms with Gasteiger partial charge >= 0.3 is 6.18 Å². The Hall–Kier alpha value is -2.43. The van der Waals surface area contributed by atoms with Crippen LogP contribution in [0.4, 0.5) is 13.2 Å². The van der Waals surface area contributed by atoms with Crippen LogP contribution in [0.2, 0.25) is 0 Å². The Morgan fingerprint density at radius 3 is 1.88 bits per heavy atom. The Morgan fingerprint density at radius 1 is 0.880 bits per heavy atom. The van der Waals surface area contributed by atoms with E-state index in [9.17, 15) is 22.8 Å². The van der Waals surface area contributed by atoms with Gasteiger partial charge in [-0.1, -0.05) is 49.7 Å². The van der Waals surface area contributed by atoms with Gasteiger partial charge in [0.1, 0.15) is 5.78 Å². The summed E-state index contributed by atoms with van der Waals surface area (Å²) in [5.41, 5.74) is 1.07. The summed E-state index contributed by atoms with van der Waals surface area (Å²) in [4.78, 5) is 23.7. The van der Waals surface area contributed by atoms with Crippen LogP contribution < -0.4 is 0 Å². The molecule has 0 atom stereocenters. The quantitative estimate of drug-likeness (QED) is 0.475. The van der Waals surface area contributed by atoms with Gasteiger partial charge in [-0.25, -0.2) is 0 Å². The number of carbonyl (C=O) groups excluding carboxylic acids is 2. The van der Waals surface area contributed by atoms with Crippen molar-refractivity contribution in [2.75, 3.05) is 0 Å². The topological polar surface area (TPSA) is 34.1 Å². The Morgan fingerprint density at radius 2 is 1.40 bits per heavy atom. The predicted molar refractivity (Wildman–Crippen MR) is 90.4 cm³/mol. The first-order valence-corrected chi connectivity index (χ1v) is 8.14. The van der Waals surface area contributed by atoms with Crippen molar-refractivity contribution in [3.63, 3.8) is 0 Å². The molecule has 0 aliphatic carbocycles. The van der Waals surface area contributed by atoms with Crippen LogP contribution in [0.25, 0.3) is 11.1 Å². The van der Waals surface area contributed by atoms with E-state index in [0.717, 1.165) is 25.0 Å². The van der Waals surface area contributed by atoms with Crippen molar-refractivity contribution in [1.29, 1.82) is 0 Å². The summed E-state index contributed by atoms with van der Waals surface area (Å²) >= 11 is 0. The summed E-state index contributed by atoms with van der Waals surface area (Å²) in [6.07, 6.45) is -2.38. The zero-order valence-corrected chi connectivity index (χ0v) is 13.9. The molecule has 132 valence electrons. The van der Waals surface area contributed by atoms with Crippen LogP contribution in [0.5, 0.6) is 0 Å². The van der Waals surface area contributed by atoms with Gasteiger partial charge in [0.15, 0.2) is 5.78 Å². The molecule has 2 aromatic rings. The smallest absolute Gasteiger partial charge is 0.299 e. The molecule has 0 spiro atoms. The molecule has 0 aromatic heterocycles. The number of Topliss-reactive ketones (excluding diaryl/α,β-unsaturated/α-hetero) is 2. The monoisotopic (exact) mass is 348 g/mol. The Bertz CT molecular complexity index is 729.